The van der Waals surface area contributed by atoms with Gasteiger partial charge in [0.2, 0.25) is 5.91 Å². The average Bonchev–Trinajstić information content (AvgIpc) is 2.76. The van der Waals surface area contributed by atoms with E-state index in [9.17, 15) is 4.79 Å². The van der Waals surface area contributed by atoms with Crippen molar-refractivity contribution in [2.45, 2.75) is 5.25 Å². The Morgan fingerprint density at radius 1 is 1.15 bits per heavy atom. The van der Waals surface area contributed by atoms with E-state index in [1.54, 1.807) is 12.1 Å². The van der Waals surface area contributed by atoms with E-state index in [0.717, 1.165) is 11.3 Å². The summed E-state index contributed by atoms with van der Waals surface area (Å²) in [7, 11) is 0. The second-order valence-electron chi connectivity index (χ2n) is 4.41. The summed E-state index contributed by atoms with van der Waals surface area (Å²) in [4.78, 5) is 11.8. The number of fused-ring (bicyclic) bond motifs is 1. The van der Waals surface area contributed by atoms with Gasteiger partial charge in [-0.2, -0.15) is 0 Å². The van der Waals surface area contributed by atoms with Crippen LogP contribution in [0.3, 0.4) is 0 Å². The van der Waals surface area contributed by atoms with Crippen LogP contribution in [0.4, 0.5) is 5.69 Å². The molecular formula is C15H12ClNO2S. The smallest absolute Gasteiger partial charge is 0.242 e. The quantitative estimate of drug-likeness (QED) is 0.908. The van der Waals surface area contributed by atoms with Crippen molar-refractivity contribution >= 4 is 35.0 Å². The number of rotatable bonds is 3. The van der Waals surface area contributed by atoms with Gasteiger partial charge in [-0.1, -0.05) is 11.6 Å². The van der Waals surface area contributed by atoms with Crippen molar-refractivity contribution in [1.29, 1.82) is 0 Å². The van der Waals surface area contributed by atoms with Crippen LogP contribution < -0.4 is 10.1 Å². The zero-order valence-corrected chi connectivity index (χ0v) is 12.3. The molecule has 3 rings (SSSR count). The molecule has 1 aliphatic rings. The van der Waals surface area contributed by atoms with Crippen molar-refractivity contribution in [3.05, 3.63) is 53.1 Å². The highest BCUT2D eigenvalue weighted by Crippen LogP contribution is 2.41. The topological polar surface area (TPSA) is 38.3 Å². The molecule has 1 N–H and O–H groups in total. The fourth-order valence-corrected chi connectivity index (χ4v) is 3.00. The number of thioether (sulfide) groups is 1. The molecule has 0 saturated carbocycles. The molecule has 20 heavy (non-hydrogen) atoms. The molecule has 0 bridgehead atoms. The van der Waals surface area contributed by atoms with Crippen LogP contribution in [-0.2, 0) is 4.79 Å². The van der Waals surface area contributed by atoms with Gasteiger partial charge in [-0.3, -0.25) is 4.79 Å². The monoisotopic (exact) mass is 305 g/mol. The van der Waals surface area contributed by atoms with Gasteiger partial charge in [-0.15, -0.1) is 11.8 Å². The maximum absolute atomic E-state index is 11.8. The van der Waals surface area contributed by atoms with Gasteiger partial charge in [-0.25, -0.2) is 0 Å². The van der Waals surface area contributed by atoms with Crippen molar-refractivity contribution in [3.63, 3.8) is 0 Å². The molecule has 1 aliphatic heterocycles. The Balaban J connectivity index is 1.88. The average molecular weight is 306 g/mol. The van der Waals surface area contributed by atoms with Crippen LogP contribution >= 0.6 is 23.4 Å². The molecular weight excluding hydrogens is 294 g/mol. The van der Waals surface area contributed by atoms with Gasteiger partial charge in [0, 0.05) is 16.3 Å². The number of amides is 1. The van der Waals surface area contributed by atoms with Crippen molar-refractivity contribution in [1.82, 2.24) is 0 Å². The van der Waals surface area contributed by atoms with E-state index in [2.05, 4.69) is 5.32 Å². The Bertz CT molecular complexity index is 657. The highest BCUT2D eigenvalue weighted by Gasteiger charge is 2.30. The molecule has 3 nitrogen and oxygen atoms in total. The van der Waals surface area contributed by atoms with Gasteiger partial charge in [0.1, 0.15) is 16.7 Å². The standard InChI is InChI=1S/C15H12ClNO2S/c1-20-14-12-8-11(6-7-13(12)17-15(14)18)19-10-4-2-9(16)3-5-10/h2-8,14H,1H3,(H,17,18). The first-order valence-corrected chi connectivity index (χ1v) is 7.75. The SMILES string of the molecule is CSC1C(=O)Nc2ccc(Oc3ccc(Cl)cc3)cc21. The molecule has 5 heteroatoms. The summed E-state index contributed by atoms with van der Waals surface area (Å²) < 4.78 is 5.78. The van der Waals surface area contributed by atoms with Crippen LogP contribution in [0.25, 0.3) is 0 Å². The van der Waals surface area contributed by atoms with Crippen LogP contribution in [0.2, 0.25) is 5.02 Å². The van der Waals surface area contributed by atoms with E-state index < -0.39 is 0 Å². The van der Waals surface area contributed by atoms with E-state index >= 15 is 0 Å². The van der Waals surface area contributed by atoms with Gasteiger partial charge in [0.05, 0.1) is 0 Å². The maximum Gasteiger partial charge on any atom is 0.242 e. The lowest BCUT2D eigenvalue weighted by Gasteiger charge is -2.09. The number of nitrogens with one attached hydrogen (secondary N) is 1. The fraction of sp³-hybridized carbons (Fsp3) is 0.133. The van der Waals surface area contributed by atoms with Crippen molar-refractivity contribution in [3.8, 4) is 11.5 Å². The highest BCUT2D eigenvalue weighted by atomic mass is 35.5. The first-order chi connectivity index (χ1) is 9.67. The minimum atomic E-state index is -0.168. The molecule has 2 aromatic rings. The number of benzene rings is 2. The minimum absolute atomic E-state index is 0.0242. The Labute approximate surface area is 126 Å². The number of hydrogen-bond acceptors (Lipinski definition) is 3. The van der Waals surface area contributed by atoms with Crippen LogP contribution in [-0.4, -0.2) is 12.2 Å². The summed E-state index contributed by atoms with van der Waals surface area (Å²) in [6.07, 6.45) is 1.92. The van der Waals surface area contributed by atoms with E-state index in [-0.39, 0.29) is 11.2 Å². The van der Waals surface area contributed by atoms with Crippen LogP contribution in [0.5, 0.6) is 11.5 Å². The number of ether oxygens (including phenoxy) is 1. The van der Waals surface area contributed by atoms with Crippen LogP contribution in [0.15, 0.2) is 42.5 Å². The Hall–Kier alpha value is -1.65. The summed E-state index contributed by atoms with van der Waals surface area (Å²) in [5, 5.41) is 3.37. The van der Waals surface area contributed by atoms with Crippen LogP contribution in [0, 0.1) is 0 Å². The van der Waals surface area contributed by atoms with Gasteiger partial charge < -0.3 is 10.1 Å². The molecule has 0 aromatic heterocycles. The molecule has 102 valence electrons. The number of carbonyl (C=O) groups excluding carboxylic acids is 1. The highest BCUT2D eigenvalue weighted by molar-refractivity contribution is 7.99. The predicted molar refractivity (Wildman–Crippen MR) is 82.9 cm³/mol. The van der Waals surface area contributed by atoms with Crippen molar-refractivity contribution in [2.75, 3.05) is 11.6 Å². The molecule has 0 fully saturated rings. The third kappa shape index (κ3) is 2.49. The van der Waals surface area contributed by atoms with Gasteiger partial charge >= 0.3 is 0 Å². The molecule has 0 radical (unpaired) electrons. The minimum Gasteiger partial charge on any atom is -0.457 e. The van der Waals surface area contributed by atoms with Crippen LogP contribution in [0.1, 0.15) is 10.8 Å². The van der Waals surface area contributed by atoms with Crippen molar-refractivity contribution in [2.24, 2.45) is 0 Å². The molecule has 0 aliphatic carbocycles. The zero-order chi connectivity index (χ0) is 14.1. The van der Waals surface area contributed by atoms with Gasteiger partial charge in [-0.05, 0) is 48.7 Å². The lowest BCUT2D eigenvalue weighted by Crippen LogP contribution is -2.08. The third-order valence-corrected chi connectivity index (χ3v) is 4.28. The predicted octanol–water partition coefficient (Wildman–Crippen LogP) is 4.49. The summed E-state index contributed by atoms with van der Waals surface area (Å²) in [5.41, 5.74) is 1.83. The molecule has 0 saturated heterocycles. The Kier molecular flexibility index (Phi) is 3.59. The normalized spacial score (nSPS) is 16.7. The molecule has 0 spiro atoms. The number of carbonyl (C=O) groups is 1. The number of anilines is 1. The molecule has 1 atom stereocenters. The Morgan fingerprint density at radius 2 is 1.85 bits per heavy atom. The zero-order valence-electron chi connectivity index (χ0n) is 10.7. The molecule has 1 amide bonds. The summed E-state index contributed by atoms with van der Waals surface area (Å²) in [6.45, 7) is 0. The number of hydrogen-bond donors (Lipinski definition) is 1. The van der Waals surface area contributed by atoms with E-state index in [1.165, 1.54) is 11.8 Å². The number of halogens is 1. The van der Waals surface area contributed by atoms with E-state index in [1.807, 2.05) is 36.6 Å². The lowest BCUT2D eigenvalue weighted by molar-refractivity contribution is -0.115. The van der Waals surface area contributed by atoms with Crippen molar-refractivity contribution < 1.29 is 9.53 Å². The largest absolute Gasteiger partial charge is 0.457 e. The first-order valence-electron chi connectivity index (χ1n) is 6.08. The van der Waals surface area contributed by atoms with E-state index in [4.69, 9.17) is 16.3 Å². The van der Waals surface area contributed by atoms with E-state index in [0.29, 0.717) is 16.5 Å². The lowest BCUT2D eigenvalue weighted by atomic mass is 10.1. The maximum atomic E-state index is 11.8. The second-order valence-corrected chi connectivity index (χ2v) is 5.79. The molecule has 2 aromatic carbocycles. The summed E-state index contributed by atoms with van der Waals surface area (Å²) in [5.74, 6) is 1.45. The summed E-state index contributed by atoms with van der Waals surface area (Å²) >= 11 is 7.36. The van der Waals surface area contributed by atoms with Gasteiger partial charge in [0.15, 0.2) is 0 Å². The third-order valence-electron chi connectivity index (χ3n) is 3.09. The van der Waals surface area contributed by atoms with Gasteiger partial charge in [0.25, 0.3) is 0 Å². The fourth-order valence-electron chi connectivity index (χ4n) is 2.15. The molecule has 1 unspecified atom stereocenters. The Morgan fingerprint density at radius 3 is 2.55 bits per heavy atom. The summed E-state index contributed by atoms with van der Waals surface area (Å²) in [6, 6.07) is 12.8. The second kappa shape index (κ2) is 5.38. The molecule has 1 heterocycles. The first kappa shape index (κ1) is 13.3.